The fraction of sp³-hybridized carbons (Fsp3) is 0.500. The van der Waals surface area contributed by atoms with E-state index in [0.29, 0.717) is 37.5 Å². The van der Waals surface area contributed by atoms with E-state index in [1.165, 1.54) is 35.7 Å². The number of benzene rings is 2. The number of piperidine rings is 1. The van der Waals surface area contributed by atoms with Crippen molar-refractivity contribution in [3.8, 4) is 5.75 Å². The minimum absolute atomic E-state index is 0.00181. The summed E-state index contributed by atoms with van der Waals surface area (Å²) < 4.78 is 101. The number of ether oxygens (including phenoxy) is 1. The van der Waals surface area contributed by atoms with E-state index >= 15 is 0 Å². The highest BCUT2D eigenvalue weighted by Gasteiger charge is 2.47. The molecular weight excluding hydrogens is 531 g/mol. The number of nitrogens with zero attached hydrogens (tertiary/aromatic N) is 1. The normalized spacial score (nSPS) is 23.2. The van der Waals surface area contributed by atoms with Crippen molar-refractivity contribution in [2.24, 2.45) is 11.7 Å². The Morgan fingerprint density at radius 1 is 1.00 bits per heavy atom. The van der Waals surface area contributed by atoms with E-state index in [0.717, 1.165) is 6.07 Å². The molecule has 0 spiro atoms. The first-order chi connectivity index (χ1) is 17.4. The van der Waals surface area contributed by atoms with Gasteiger partial charge in [-0.05, 0) is 73.9 Å². The van der Waals surface area contributed by atoms with Gasteiger partial charge in [-0.1, -0.05) is 0 Å². The van der Waals surface area contributed by atoms with Crippen LogP contribution in [0, 0.1) is 23.4 Å². The average Bonchev–Trinajstić information content (AvgIpc) is 3.13. The van der Waals surface area contributed by atoms with Crippen LogP contribution in [0.25, 0.3) is 0 Å². The average molecular weight is 562 g/mol. The number of halogens is 3. The molecule has 2 aliphatic heterocycles. The van der Waals surface area contributed by atoms with Crippen LogP contribution in [0.4, 0.5) is 13.2 Å². The fourth-order valence-electron chi connectivity index (χ4n) is 5.37. The SMILES string of the molecule is COc1ccc(S(=O)(=O)NCCS(=O)(=O)N2[C@@H]3CC[C@H]2CC([C@H](N)Cc2cc(F)c(F)cc2F)C3)cc1. The number of sulfonamides is 2. The third kappa shape index (κ3) is 6.11. The first kappa shape index (κ1) is 27.8. The van der Waals surface area contributed by atoms with Gasteiger partial charge in [-0.2, -0.15) is 4.31 Å². The van der Waals surface area contributed by atoms with E-state index in [4.69, 9.17) is 10.5 Å². The van der Waals surface area contributed by atoms with Crippen molar-refractivity contribution in [1.29, 1.82) is 0 Å². The van der Waals surface area contributed by atoms with Gasteiger partial charge in [0.25, 0.3) is 0 Å². The maximum atomic E-state index is 14.1. The Bertz CT molecular complexity index is 1330. The Morgan fingerprint density at radius 2 is 1.59 bits per heavy atom. The molecule has 2 fully saturated rings. The second-order valence-electron chi connectivity index (χ2n) is 9.56. The second-order valence-corrected chi connectivity index (χ2v) is 13.3. The van der Waals surface area contributed by atoms with Gasteiger partial charge in [-0.3, -0.25) is 0 Å². The van der Waals surface area contributed by atoms with Gasteiger partial charge >= 0.3 is 0 Å². The van der Waals surface area contributed by atoms with E-state index in [1.54, 1.807) is 0 Å². The number of nitrogens with two attached hydrogens (primary N) is 1. The molecule has 2 aromatic rings. The Kier molecular flexibility index (Phi) is 8.19. The number of hydrogen-bond acceptors (Lipinski definition) is 6. The Balaban J connectivity index is 1.36. The lowest BCUT2D eigenvalue weighted by molar-refractivity contribution is 0.170. The summed E-state index contributed by atoms with van der Waals surface area (Å²) in [5.41, 5.74) is 6.29. The molecule has 0 radical (unpaired) electrons. The predicted octanol–water partition coefficient (Wildman–Crippen LogP) is 2.53. The predicted molar refractivity (Wildman–Crippen MR) is 131 cm³/mol. The number of fused-ring (bicyclic) bond motifs is 2. The van der Waals surface area contributed by atoms with Gasteiger partial charge in [0.05, 0.1) is 17.8 Å². The summed E-state index contributed by atoms with van der Waals surface area (Å²) in [5.74, 6) is -3.30. The van der Waals surface area contributed by atoms with Crippen LogP contribution >= 0.6 is 0 Å². The maximum absolute atomic E-state index is 14.1. The third-order valence-electron chi connectivity index (χ3n) is 7.20. The molecule has 2 heterocycles. The lowest BCUT2D eigenvalue weighted by atomic mass is 9.83. The topological polar surface area (TPSA) is 119 Å². The number of methoxy groups -OCH3 is 1. The highest BCUT2D eigenvalue weighted by atomic mass is 32.2. The molecule has 4 atom stereocenters. The lowest BCUT2D eigenvalue weighted by Crippen LogP contribution is -2.51. The number of rotatable bonds is 10. The fourth-order valence-corrected chi connectivity index (χ4v) is 8.39. The summed E-state index contributed by atoms with van der Waals surface area (Å²) in [5, 5.41) is 0. The molecule has 0 aromatic heterocycles. The van der Waals surface area contributed by atoms with Crippen LogP contribution in [0.3, 0.4) is 0 Å². The van der Waals surface area contributed by atoms with Gasteiger partial charge in [0.1, 0.15) is 11.6 Å². The molecule has 2 bridgehead atoms. The van der Waals surface area contributed by atoms with Crippen molar-refractivity contribution in [1.82, 2.24) is 9.03 Å². The minimum Gasteiger partial charge on any atom is -0.497 e. The lowest BCUT2D eigenvalue weighted by Gasteiger charge is -2.40. The molecule has 2 aliphatic rings. The smallest absolute Gasteiger partial charge is 0.240 e. The molecule has 1 unspecified atom stereocenters. The molecule has 2 aromatic carbocycles. The molecule has 4 rings (SSSR count). The standard InChI is InChI=1S/C24H30F3N3O5S2/c1-35-19-4-6-20(7-5-19)37(33,34)29-8-9-36(31,32)30-17-2-3-18(30)11-16(10-17)24(28)13-15-12-22(26)23(27)14-21(15)25/h4-7,12,14,16-18,24,29H,2-3,8-11,13,28H2,1H3/t16?,17-,18+,24-/m1/s1. The summed E-state index contributed by atoms with van der Waals surface area (Å²) >= 11 is 0. The molecular formula is C24H30F3N3O5S2. The molecule has 13 heteroatoms. The van der Waals surface area contributed by atoms with Crippen LogP contribution in [0.5, 0.6) is 5.75 Å². The zero-order valence-corrected chi connectivity index (χ0v) is 21.9. The van der Waals surface area contributed by atoms with Crippen LogP contribution in [0.2, 0.25) is 0 Å². The highest BCUT2D eigenvalue weighted by molar-refractivity contribution is 7.90. The van der Waals surface area contributed by atoms with E-state index in [2.05, 4.69) is 4.72 Å². The Labute approximate surface area is 215 Å². The quantitative estimate of drug-likeness (QED) is 0.431. The highest BCUT2D eigenvalue weighted by Crippen LogP contribution is 2.42. The second kappa shape index (κ2) is 10.9. The van der Waals surface area contributed by atoms with E-state index in [9.17, 15) is 30.0 Å². The zero-order valence-electron chi connectivity index (χ0n) is 20.2. The van der Waals surface area contributed by atoms with Crippen LogP contribution in [-0.4, -0.2) is 58.7 Å². The summed E-state index contributed by atoms with van der Waals surface area (Å²) in [4.78, 5) is -0.00181. The molecule has 8 nitrogen and oxygen atoms in total. The Morgan fingerprint density at radius 3 is 2.19 bits per heavy atom. The van der Waals surface area contributed by atoms with Gasteiger partial charge in [0.2, 0.25) is 20.0 Å². The first-order valence-corrected chi connectivity index (χ1v) is 15.0. The van der Waals surface area contributed by atoms with Gasteiger partial charge in [0.15, 0.2) is 11.6 Å². The third-order valence-corrected chi connectivity index (χ3v) is 10.6. The largest absolute Gasteiger partial charge is 0.497 e. The van der Waals surface area contributed by atoms with E-state index in [-0.39, 0.29) is 41.4 Å². The summed E-state index contributed by atoms with van der Waals surface area (Å²) in [6.45, 7) is -0.287. The van der Waals surface area contributed by atoms with E-state index in [1.807, 2.05) is 0 Å². The van der Waals surface area contributed by atoms with Crippen LogP contribution in [-0.2, 0) is 26.5 Å². The first-order valence-electron chi connectivity index (χ1n) is 11.9. The van der Waals surface area contributed by atoms with E-state index < -0.39 is 49.3 Å². The van der Waals surface area contributed by atoms with Crippen LogP contribution in [0.15, 0.2) is 41.3 Å². The number of hydrogen-bond donors (Lipinski definition) is 2. The van der Waals surface area contributed by atoms with Gasteiger partial charge in [-0.15, -0.1) is 0 Å². The molecule has 0 aliphatic carbocycles. The molecule has 2 saturated heterocycles. The Hall–Kier alpha value is -2.19. The van der Waals surface area contributed by atoms with Crippen LogP contribution in [0.1, 0.15) is 31.2 Å². The van der Waals surface area contributed by atoms with Crippen molar-refractivity contribution < 1.29 is 34.7 Å². The van der Waals surface area contributed by atoms with Gasteiger partial charge < -0.3 is 10.5 Å². The monoisotopic (exact) mass is 561 g/mol. The molecule has 204 valence electrons. The van der Waals surface area contributed by atoms with Crippen molar-refractivity contribution >= 4 is 20.0 Å². The zero-order chi connectivity index (χ0) is 27.0. The summed E-state index contributed by atoms with van der Waals surface area (Å²) in [7, 11) is -6.20. The van der Waals surface area contributed by atoms with Crippen molar-refractivity contribution in [2.45, 2.75) is 55.1 Å². The van der Waals surface area contributed by atoms with Crippen molar-refractivity contribution in [3.05, 3.63) is 59.4 Å². The minimum atomic E-state index is -3.89. The molecule has 0 saturated carbocycles. The summed E-state index contributed by atoms with van der Waals surface area (Å²) in [6, 6.07) is 5.90. The van der Waals surface area contributed by atoms with Crippen molar-refractivity contribution in [3.63, 3.8) is 0 Å². The van der Waals surface area contributed by atoms with Crippen LogP contribution < -0.4 is 15.2 Å². The summed E-state index contributed by atoms with van der Waals surface area (Å²) in [6.07, 6.45) is 2.21. The molecule has 37 heavy (non-hydrogen) atoms. The molecule has 0 amide bonds. The van der Waals surface area contributed by atoms with Crippen molar-refractivity contribution in [2.75, 3.05) is 19.4 Å². The maximum Gasteiger partial charge on any atom is 0.240 e. The van der Waals surface area contributed by atoms with Gasteiger partial charge in [0, 0.05) is 30.7 Å². The number of nitrogens with one attached hydrogen (secondary N) is 1. The van der Waals surface area contributed by atoms with Gasteiger partial charge in [-0.25, -0.2) is 34.7 Å². The molecule has 3 N–H and O–H groups in total.